The highest BCUT2D eigenvalue weighted by molar-refractivity contribution is 7.98. The number of aromatic amines is 1. The predicted octanol–water partition coefficient (Wildman–Crippen LogP) is -0.0908. The van der Waals surface area contributed by atoms with Crippen LogP contribution in [0.1, 0.15) is 55.6 Å². The van der Waals surface area contributed by atoms with E-state index < -0.39 is 83.5 Å². The number of ether oxygens (including phenoxy) is 1. The number of carboxylic acids is 1. The number of carboxylic acid groups (broad SMARTS) is 1. The number of aromatic hydroxyl groups is 2. The maximum absolute atomic E-state index is 14.1. The van der Waals surface area contributed by atoms with Crippen molar-refractivity contribution >= 4 is 41.5 Å². The summed E-state index contributed by atoms with van der Waals surface area (Å²) in [5.74, 6) is -3.10. The molecule has 0 saturated carbocycles. The molecule has 1 saturated heterocycles. The third kappa shape index (κ3) is 11.7. The number of amides is 5. The summed E-state index contributed by atoms with van der Waals surface area (Å²) in [6.45, 7) is 3.40. The monoisotopic (exact) mass is 866 g/mol. The minimum absolute atomic E-state index is 0.0402. The highest BCUT2D eigenvalue weighted by atomic mass is 32.2. The van der Waals surface area contributed by atoms with E-state index in [0.717, 1.165) is 34.2 Å². The van der Waals surface area contributed by atoms with Gasteiger partial charge in [-0.3, -0.25) is 34.0 Å². The van der Waals surface area contributed by atoms with Gasteiger partial charge in [-0.2, -0.15) is 11.8 Å². The van der Waals surface area contributed by atoms with E-state index in [-0.39, 0.29) is 49.0 Å². The van der Waals surface area contributed by atoms with Crippen molar-refractivity contribution in [1.29, 1.82) is 0 Å². The van der Waals surface area contributed by atoms with Crippen molar-refractivity contribution in [3.8, 4) is 11.5 Å². The van der Waals surface area contributed by atoms with E-state index in [0.29, 0.717) is 11.3 Å². The van der Waals surface area contributed by atoms with Gasteiger partial charge in [-0.05, 0) is 79.7 Å². The molecule has 2 aliphatic rings. The first kappa shape index (κ1) is 45.8. The van der Waals surface area contributed by atoms with Crippen LogP contribution in [0.2, 0.25) is 0 Å². The molecule has 0 radical (unpaired) electrons. The number of likely N-dealkylation sites (N-methyl/N-ethyl adjacent to an activating group) is 1. The van der Waals surface area contributed by atoms with Crippen LogP contribution in [-0.2, 0) is 36.8 Å². The molecule has 5 amide bonds. The topological polar surface area (TPSA) is 294 Å². The summed E-state index contributed by atoms with van der Waals surface area (Å²) in [4.78, 5) is 94.8. The fourth-order valence-corrected chi connectivity index (χ4v) is 7.60. The van der Waals surface area contributed by atoms with Crippen LogP contribution in [0.15, 0.2) is 76.3 Å². The highest BCUT2D eigenvalue weighted by Gasteiger charge is 2.38. The van der Waals surface area contributed by atoms with Gasteiger partial charge in [-0.1, -0.05) is 18.2 Å². The molecule has 0 spiro atoms. The first-order chi connectivity index (χ1) is 28.9. The molecule has 20 nitrogen and oxygen atoms in total. The number of aromatic nitrogens is 2. The van der Waals surface area contributed by atoms with Crippen molar-refractivity contribution < 1.29 is 49.1 Å². The van der Waals surface area contributed by atoms with Crippen LogP contribution in [0, 0.1) is 0 Å². The minimum atomic E-state index is -1.49. The molecule has 8 atom stereocenters. The first-order valence-electron chi connectivity index (χ1n) is 19.3. The Morgan fingerprint density at radius 2 is 1.72 bits per heavy atom. The number of nitrogens with one attached hydrogen (secondary N) is 6. The Morgan fingerprint density at radius 1 is 1.00 bits per heavy atom. The van der Waals surface area contributed by atoms with E-state index in [1.165, 1.54) is 48.8 Å². The minimum Gasteiger partial charge on any atom is -0.508 e. The Bertz CT molecular complexity index is 2270. The van der Waals surface area contributed by atoms with E-state index in [2.05, 4.69) is 31.6 Å². The van der Waals surface area contributed by atoms with Crippen molar-refractivity contribution in [3.05, 3.63) is 104 Å². The van der Waals surface area contributed by atoms with Crippen LogP contribution >= 0.6 is 11.8 Å². The number of fused-ring (bicyclic) bond motifs is 1. The zero-order valence-corrected chi connectivity index (χ0v) is 34.6. The number of phenols is 2. The van der Waals surface area contributed by atoms with Crippen LogP contribution in [0.25, 0.3) is 0 Å². The number of urea groups is 1. The second-order valence-corrected chi connectivity index (χ2v) is 15.8. The number of thioether (sulfide) groups is 1. The number of carbonyl (C=O) groups is 5. The number of hydrogen-bond donors (Lipinski definition) is 10. The van der Waals surface area contributed by atoms with E-state index in [1.807, 2.05) is 6.92 Å². The van der Waals surface area contributed by atoms with Crippen LogP contribution in [0.4, 0.5) is 4.79 Å². The quantitative estimate of drug-likeness (QED) is 0.0901. The van der Waals surface area contributed by atoms with Gasteiger partial charge in [0.2, 0.25) is 23.9 Å². The van der Waals surface area contributed by atoms with Crippen LogP contribution in [-0.4, -0.2) is 120 Å². The Kier molecular flexibility index (Phi) is 15.2. The largest absolute Gasteiger partial charge is 0.508 e. The zero-order valence-electron chi connectivity index (χ0n) is 33.8. The second-order valence-electron chi connectivity index (χ2n) is 14.8. The van der Waals surface area contributed by atoms with Crippen LogP contribution in [0.3, 0.4) is 0 Å². The summed E-state index contributed by atoms with van der Waals surface area (Å²) in [6, 6.07) is 4.56. The fourth-order valence-electron chi connectivity index (χ4n) is 7.12. The molecule has 10 N–H and O–H groups in total. The number of benzene rings is 2. The molecule has 0 aliphatic carbocycles. The number of aliphatic hydroxyl groups excluding tert-OH is 1. The molecule has 0 bridgehead atoms. The van der Waals surface area contributed by atoms with Crippen molar-refractivity contribution in [2.45, 2.75) is 88.1 Å². The normalized spacial score (nSPS) is 20.8. The lowest BCUT2D eigenvalue weighted by Crippen LogP contribution is -2.62. The number of hydrogen-bond acceptors (Lipinski definition) is 13. The molecule has 1 fully saturated rings. The summed E-state index contributed by atoms with van der Waals surface area (Å²) in [5, 5.41) is 53.8. The molecule has 3 heterocycles. The van der Waals surface area contributed by atoms with Crippen molar-refractivity contribution in [2.75, 3.05) is 19.1 Å². The van der Waals surface area contributed by atoms with Gasteiger partial charge < -0.3 is 51.3 Å². The summed E-state index contributed by atoms with van der Waals surface area (Å²) >= 11 is 1.37. The van der Waals surface area contributed by atoms with Crippen molar-refractivity contribution in [3.63, 3.8) is 0 Å². The first-order valence-corrected chi connectivity index (χ1v) is 20.7. The van der Waals surface area contributed by atoms with Gasteiger partial charge in [0.25, 0.3) is 5.56 Å². The average Bonchev–Trinajstić information content (AvgIpc) is 3.58. The molecule has 21 heteroatoms. The van der Waals surface area contributed by atoms with Gasteiger partial charge in [0.1, 0.15) is 41.5 Å². The van der Waals surface area contributed by atoms with E-state index in [1.54, 1.807) is 30.5 Å². The number of nitrogens with zero attached hydrogens (tertiary/aromatic N) is 2. The van der Waals surface area contributed by atoms with E-state index in [4.69, 9.17) is 4.74 Å². The fraction of sp³-hybridized carbons (Fsp3) is 0.425. The average molecular weight is 867 g/mol. The molecule has 2 aromatic carbocycles. The smallest absolute Gasteiger partial charge is 0.331 e. The Labute approximate surface area is 353 Å². The molecule has 328 valence electrons. The third-order valence-electron chi connectivity index (χ3n) is 10.5. The number of carbonyl (C=O) groups excluding carboxylic acids is 4. The third-order valence-corrected chi connectivity index (χ3v) is 11.1. The van der Waals surface area contributed by atoms with Crippen LogP contribution in [0.5, 0.6) is 11.5 Å². The lowest BCUT2D eigenvalue weighted by atomic mass is 9.90. The lowest BCUT2D eigenvalue weighted by Gasteiger charge is -2.37. The lowest BCUT2D eigenvalue weighted by molar-refractivity contribution is -0.139. The number of phenolic OH excluding ortho intramolecular Hbond substituents is 2. The van der Waals surface area contributed by atoms with E-state index >= 15 is 0 Å². The summed E-state index contributed by atoms with van der Waals surface area (Å²) in [6.07, 6.45) is 1.52. The number of rotatable bonds is 16. The highest BCUT2D eigenvalue weighted by Crippen LogP contribution is 2.31. The summed E-state index contributed by atoms with van der Waals surface area (Å²) in [5.41, 5.74) is 0.611. The standard InChI is InChI=1S/C40H50N8O12S/c1-20-27-9-8-25(50)16-23(27)17-29(42-20)36(55)47(3)21(2)33(35(54)41-19-26-18-31(51)37(60-26)48-12-10-32(52)45-40(48)59)46-34(53)28(11-13-61-4)43-39(58)44-30(38(56)57)15-22-6-5-7-24(49)14-22/h5-10,12,14,16,19-21,28-31,33,37,42,49-51H,11,13,15,17-18H2,1-4H3,(H,41,54)(H,46,53)(H,56,57)(H2,43,44,58)(H,45,52,59)/b26-19-/t20-,21-,28+,29-,30-,31+,33-,37-/m0/s1. The van der Waals surface area contributed by atoms with Crippen LogP contribution < -0.4 is 37.8 Å². The Hall–Kier alpha value is -6.32. The van der Waals surface area contributed by atoms with Crippen molar-refractivity contribution in [1.82, 2.24) is 41.0 Å². The Morgan fingerprint density at radius 3 is 2.41 bits per heavy atom. The number of aliphatic carboxylic acids is 1. The molecular formula is C40H50N8O12S. The zero-order chi connectivity index (χ0) is 44.5. The maximum atomic E-state index is 14.1. The molecule has 0 unspecified atom stereocenters. The van der Waals surface area contributed by atoms with Gasteiger partial charge in [0.15, 0.2) is 0 Å². The van der Waals surface area contributed by atoms with Crippen molar-refractivity contribution in [2.24, 2.45) is 0 Å². The van der Waals surface area contributed by atoms with E-state index in [9.17, 15) is 54.0 Å². The van der Waals surface area contributed by atoms with Gasteiger partial charge in [0.05, 0.1) is 12.1 Å². The molecular weight excluding hydrogens is 817 g/mol. The van der Waals surface area contributed by atoms with Gasteiger partial charge in [0, 0.05) is 44.4 Å². The SMILES string of the molecule is CSCC[C@@H](NC(=O)N[C@@H](Cc1cccc(O)c1)C(=O)O)C(=O)N[C@H](C(=O)N/C=C1/C[C@@H](O)[C@@H](n2ccc(=O)[nH]c2=O)O1)[C@H](C)N(C)C(=O)[C@@H]1Cc2cc(O)ccc2[C@H](C)N1. The number of aliphatic hydroxyl groups is 1. The molecule has 61 heavy (non-hydrogen) atoms. The summed E-state index contributed by atoms with van der Waals surface area (Å²) < 4.78 is 6.71. The number of H-pyrrole nitrogens is 1. The second kappa shape index (κ2) is 20.3. The maximum Gasteiger partial charge on any atom is 0.331 e. The Balaban J connectivity index is 1.36. The molecule has 1 aromatic heterocycles. The molecule has 2 aliphatic heterocycles. The molecule has 3 aromatic rings. The predicted molar refractivity (Wildman–Crippen MR) is 221 cm³/mol. The van der Waals surface area contributed by atoms with Gasteiger partial charge >= 0.3 is 17.7 Å². The summed E-state index contributed by atoms with van der Waals surface area (Å²) in [7, 11) is 1.46. The molecule has 5 rings (SSSR count). The van der Waals surface area contributed by atoms with Gasteiger partial charge in [-0.15, -0.1) is 0 Å². The van der Waals surface area contributed by atoms with Gasteiger partial charge in [-0.25, -0.2) is 14.4 Å².